The van der Waals surface area contributed by atoms with Crippen LogP contribution in [0.1, 0.15) is 101 Å². The second kappa shape index (κ2) is 13.7. The molecule has 1 aromatic heterocycles. The molecule has 0 bridgehead atoms. The first-order chi connectivity index (χ1) is 16.6. The zero-order valence-electron chi connectivity index (χ0n) is 21.6. The first-order valence-electron chi connectivity index (χ1n) is 13.8. The van der Waals surface area contributed by atoms with E-state index in [4.69, 9.17) is 5.10 Å². The molecule has 2 aliphatic rings. The van der Waals surface area contributed by atoms with Crippen LogP contribution in [0, 0.1) is 23.7 Å². The molecule has 1 heterocycles. The number of aliphatic hydroxyl groups is 1. The maximum Gasteiger partial charge on any atom is 0.125 e. The second-order valence-electron chi connectivity index (χ2n) is 10.5. The Balaban J connectivity index is 2.00. The van der Waals surface area contributed by atoms with Crippen LogP contribution in [0.2, 0.25) is 0 Å². The predicted octanol–water partition coefficient (Wildman–Crippen LogP) is 8.58. The highest BCUT2D eigenvalue weighted by atomic mass is 16.3. The molecule has 0 aromatic carbocycles. The largest absolute Gasteiger partial charge is 0.507 e. The number of nitrogens with zero attached hydrogens (tertiary/aromatic N) is 2. The van der Waals surface area contributed by atoms with Gasteiger partial charge in [-0.25, -0.2) is 0 Å². The van der Waals surface area contributed by atoms with Gasteiger partial charge in [-0.1, -0.05) is 103 Å². The summed E-state index contributed by atoms with van der Waals surface area (Å²) in [5.74, 6) is 3.34. The molecule has 1 aromatic rings. The Kier molecular flexibility index (Phi) is 10.6. The molecule has 34 heavy (non-hydrogen) atoms. The summed E-state index contributed by atoms with van der Waals surface area (Å²) in [6, 6.07) is 2.17. The average molecular weight is 463 g/mol. The average Bonchev–Trinajstić information content (AvgIpc) is 2.91. The lowest BCUT2D eigenvalue weighted by Crippen LogP contribution is -2.34. The van der Waals surface area contributed by atoms with E-state index in [-0.39, 0.29) is 5.76 Å². The van der Waals surface area contributed by atoms with E-state index < -0.39 is 0 Å². The van der Waals surface area contributed by atoms with Gasteiger partial charge in [-0.05, 0) is 66.7 Å². The van der Waals surface area contributed by atoms with Crippen LogP contribution in [0.5, 0.6) is 0 Å². The van der Waals surface area contributed by atoms with Gasteiger partial charge in [0, 0.05) is 5.57 Å². The van der Waals surface area contributed by atoms with Crippen molar-refractivity contribution in [3.8, 4) is 0 Å². The van der Waals surface area contributed by atoms with E-state index in [1.807, 2.05) is 0 Å². The van der Waals surface area contributed by atoms with Gasteiger partial charge in [0.2, 0.25) is 0 Å². The van der Waals surface area contributed by atoms with Gasteiger partial charge in [0.25, 0.3) is 0 Å². The van der Waals surface area contributed by atoms with Crippen LogP contribution in [0.3, 0.4) is 0 Å². The van der Waals surface area contributed by atoms with E-state index in [0.29, 0.717) is 11.5 Å². The molecule has 1 saturated carbocycles. The van der Waals surface area contributed by atoms with Crippen molar-refractivity contribution in [2.45, 2.75) is 97.3 Å². The summed E-state index contributed by atoms with van der Waals surface area (Å²) >= 11 is 0. The molecule has 0 radical (unpaired) electrons. The molecular weight excluding hydrogens is 416 g/mol. The number of hydrogen-bond donors (Lipinski definition) is 1. The number of fused-ring (bicyclic) bond motifs is 2. The molecule has 3 nitrogen and oxygen atoms in total. The van der Waals surface area contributed by atoms with Crippen LogP contribution in [-0.4, -0.2) is 15.3 Å². The summed E-state index contributed by atoms with van der Waals surface area (Å²) in [6.45, 7) is 12.2. The van der Waals surface area contributed by atoms with Crippen LogP contribution in [0.15, 0.2) is 49.3 Å². The van der Waals surface area contributed by atoms with E-state index in [1.54, 1.807) is 24.3 Å². The minimum absolute atomic E-state index is 0.151. The molecule has 2 aliphatic carbocycles. The number of aromatic nitrogens is 2. The standard InChI is InChI=1S/C31H46N2O/c1-5-13-23-17-11-9-10-12-18-24-19-20-25-21-29(27(15-7-3)30(34)16-8-4)33-32-28(25)22-26(14-6-2)31(23)24/h7-8,15-16,21,23-24,26,31,34H,3-6,9-14,17-20,22H2,1-2H3/b27-15-,30-16+. The maximum atomic E-state index is 10.5. The minimum Gasteiger partial charge on any atom is -0.507 e. The fraction of sp³-hybridized carbons (Fsp3) is 0.613. The van der Waals surface area contributed by atoms with Crippen molar-refractivity contribution in [2.75, 3.05) is 0 Å². The van der Waals surface area contributed by atoms with Crippen LogP contribution < -0.4 is 0 Å². The molecule has 3 rings (SSSR count). The molecular formula is C31H46N2O. The first-order valence-corrected chi connectivity index (χ1v) is 13.8. The summed E-state index contributed by atoms with van der Waals surface area (Å²) in [5, 5.41) is 19.9. The Hall–Kier alpha value is -2.16. The van der Waals surface area contributed by atoms with Gasteiger partial charge < -0.3 is 5.11 Å². The van der Waals surface area contributed by atoms with Gasteiger partial charge in [-0.15, -0.1) is 0 Å². The van der Waals surface area contributed by atoms with E-state index >= 15 is 0 Å². The van der Waals surface area contributed by atoms with E-state index in [1.165, 1.54) is 81.9 Å². The highest BCUT2D eigenvalue weighted by Crippen LogP contribution is 2.45. The van der Waals surface area contributed by atoms with Crippen LogP contribution in [0.4, 0.5) is 0 Å². The molecule has 0 saturated heterocycles. The fourth-order valence-corrected chi connectivity index (χ4v) is 6.74. The Morgan fingerprint density at radius 1 is 0.941 bits per heavy atom. The molecule has 1 fully saturated rings. The van der Waals surface area contributed by atoms with Gasteiger partial charge in [-0.2, -0.15) is 10.2 Å². The second-order valence-corrected chi connectivity index (χ2v) is 10.5. The number of aliphatic hydroxyl groups excluding tert-OH is 1. The lowest BCUT2D eigenvalue weighted by molar-refractivity contribution is 0.103. The van der Waals surface area contributed by atoms with Crippen molar-refractivity contribution in [2.24, 2.45) is 23.7 Å². The van der Waals surface area contributed by atoms with E-state index in [0.717, 1.165) is 36.3 Å². The SMILES string of the molecule is C=C/C=C(\C(O)=C/C=C)c1cc2c(nn1)CC(CCC)C1C(CCC)CCCCCCC1CC2. The van der Waals surface area contributed by atoms with Crippen molar-refractivity contribution in [3.05, 3.63) is 66.2 Å². The maximum absolute atomic E-state index is 10.5. The van der Waals surface area contributed by atoms with Crippen molar-refractivity contribution in [1.82, 2.24) is 10.2 Å². The molecule has 0 aliphatic heterocycles. The van der Waals surface area contributed by atoms with Gasteiger partial charge in [0.1, 0.15) is 5.76 Å². The number of hydrogen-bond acceptors (Lipinski definition) is 3. The normalized spacial score (nSPS) is 26.6. The highest BCUT2D eigenvalue weighted by molar-refractivity contribution is 5.76. The third-order valence-corrected chi connectivity index (χ3v) is 8.16. The third-order valence-electron chi connectivity index (χ3n) is 8.16. The Morgan fingerprint density at radius 2 is 1.65 bits per heavy atom. The highest BCUT2D eigenvalue weighted by Gasteiger charge is 2.37. The topological polar surface area (TPSA) is 46.0 Å². The fourth-order valence-electron chi connectivity index (χ4n) is 6.74. The number of allylic oxidation sites excluding steroid dienone is 5. The Labute approximate surface area is 208 Å². The van der Waals surface area contributed by atoms with Crippen LogP contribution in [-0.2, 0) is 12.8 Å². The minimum atomic E-state index is 0.151. The number of rotatable bonds is 8. The third kappa shape index (κ3) is 6.71. The molecule has 0 amide bonds. The summed E-state index contributed by atoms with van der Waals surface area (Å²) in [5.41, 5.74) is 3.87. The van der Waals surface area contributed by atoms with Crippen LogP contribution in [0.25, 0.3) is 5.57 Å². The van der Waals surface area contributed by atoms with Gasteiger partial charge in [-0.3, -0.25) is 0 Å². The Bertz CT molecular complexity index is 868. The number of aryl methyl sites for hydroxylation is 1. The Morgan fingerprint density at radius 3 is 2.35 bits per heavy atom. The van der Waals surface area contributed by atoms with E-state index in [9.17, 15) is 5.11 Å². The zero-order valence-corrected chi connectivity index (χ0v) is 21.6. The van der Waals surface area contributed by atoms with Crippen LogP contribution >= 0.6 is 0 Å². The molecule has 4 unspecified atom stereocenters. The molecule has 186 valence electrons. The van der Waals surface area contributed by atoms with E-state index in [2.05, 4.69) is 38.2 Å². The summed E-state index contributed by atoms with van der Waals surface area (Å²) in [4.78, 5) is 0. The van der Waals surface area contributed by atoms with Gasteiger partial charge in [0.05, 0.1) is 11.4 Å². The summed E-state index contributed by atoms with van der Waals surface area (Å²) in [7, 11) is 0. The lowest BCUT2D eigenvalue weighted by atomic mass is 9.64. The van der Waals surface area contributed by atoms with Crippen molar-refractivity contribution < 1.29 is 5.11 Å². The van der Waals surface area contributed by atoms with Crippen molar-refractivity contribution in [3.63, 3.8) is 0 Å². The summed E-state index contributed by atoms with van der Waals surface area (Å²) < 4.78 is 0. The van der Waals surface area contributed by atoms with Crippen molar-refractivity contribution >= 4 is 5.57 Å². The van der Waals surface area contributed by atoms with Crippen molar-refractivity contribution in [1.29, 1.82) is 0 Å². The molecule has 1 N–H and O–H groups in total. The monoisotopic (exact) mass is 462 g/mol. The summed E-state index contributed by atoms with van der Waals surface area (Å²) in [6.07, 6.45) is 23.6. The molecule has 3 heteroatoms. The quantitative estimate of drug-likeness (QED) is 0.311. The van der Waals surface area contributed by atoms with Gasteiger partial charge in [0.15, 0.2) is 0 Å². The first kappa shape index (κ1) is 26.4. The van der Waals surface area contributed by atoms with Gasteiger partial charge >= 0.3 is 0 Å². The molecule has 4 atom stereocenters. The molecule has 0 spiro atoms. The lowest BCUT2D eigenvalue weighted by Gasteiger charge is -2.41. The zero-order chi connectivity index (χ0) is 24.3. The smallest absolute Gasteiger partial charge is 0.125 e. The predicted molar refractivity (Wildman–Crippen MR) is 145 cm³/mol.